The molecule has 7 nitrogen and oxygen atoms in total. The highest BCUT2D eigenvalue weighted by atomic mass is 32.2. The molecule has 0 spiro atoms. The van der Waals surface area contributed by atoms with Gasteiger partial charge in [0.25, 0.3) is 10.1 Å². The summed E-state index contributed by atoms with van der Waals surface area (Å²) in [6, 6.07) is 9.40. The number of aromatic nitrogens is 1. The maximum absolute atomic E-state index is 13.3. The Hall–Kier alpha value is -2.45. The molecule has 2 aromatic rings. The Bertz CT molecular complexity index is 1120. The molecule has 0 aliphatic carbocycles. The lowest BCUT2D eigenvalue weighted by molar-refractivity contribution is -0.145. The van der Waals surface area contributed by atoms with Crippen LogP contribution in [0.1, 0.15) is 105 Å². The zero-order chi connectivity index (χ0) is 26.0. The fourth-order valence-corrected chi connectivity index (χ4v) is 5.70. The maximum Gasteiger partial charge on any atom is 0.315 e. The van der Waals surface area contributed by atoms with Gasteiger partial charge in [0.1, 0.15) is 4.90 Å². The molecule has 0 bridgehead atoms. The minimum Gasteiger partial charge on any atom is -0.465 e. The number of carbonyl (C=O) groups is 2. The topological polar surface area (TPSA) is 91.7 Å². The SMILES string of the molecule is CCCCCCCCCCCCOC(=O)C1CCn2c(C(=O)c3ccccc3S(=O)(=O)OC)ccc21. The van der Waals surface area contributed by atoms with E-state index in [4.69, 9.17) is 4.74 Å². The van der Waals surface area contributed by atoms with E-state index in [0.717, 1.165) is 25.6 Å². The maximum atomic E-state index is 13.3. The van der Waals surface area contributed by atoms with E-state index in [1.54, 1.807) is 28.8 Å². The van der Waals surface area contributed by atoms with Gasteiger partial charge in [-0.25, -0.2) is 0 Å². The van der Waals surface area contributed by atoms with Crippen molar-refractivity contribution in [2.45, 2.75) is 94.9 Å². The summed E-state index contributed by atoms with van der Waals surface area (Å²) in [5.41, 5.74) is 1.14. The van der Waals surface area contributed by atoms with Crippen molar-refractivity contribution < 1.29 is 26.9 Å². The summed E-state index contributed by atoms with van der Waals surface area (Å²) in [5.74, 6) is -1.09. The van der Waals surface area contributed by atoms with Crippen LogP contribution >= 0.6 is 0 Å². The van der Waals surface area contributed by atoms with Crippen LogP contribution in [0.2, 0.25) is 0 Å². The van der Waals surface area contributed by atoms with Gasteiger partial charge in [-0.05, 0) is 37.1 Å². The molecule has 0 saturated carbocycles. The summed E-state index contributed by atoms with van der Waals surface area (Å²) in [5, 5.41) is 0. The summed E-state index contributed by atoms with van der Waals surface area (Å²) >= 11 is 0. The number of carbonyl (C=O) groups excluding carboxylic acids is 2. The molecule has 0 N–H and O–H groups in total. The van der Waals surface area contributed by atoms with Crippen LogP contribution in [0.25, 0.3) is 0 Å². The molecule has 0 amide bonds. The van der Waals surface area contributed by atoms with Crippen LogP contribution in [0.4, 0.5) is 0 Å². The molecule has 1 aromatic carbocycles. The number of rotatable bonds is 16. The monoisotopic (exact) mass is 517 g/mol. The van der Waals surface area contributed by atoms with Gasteiger partial charge in [-0.3, -0.25) is 13.8 Å². The third-order valence-electron chi connectivity index (χ3n) is 6.89. The minimum absolute atomic E-state index is 0.0484. The van der Waals surface area contributed by atoms with E-state index in [2.05, 4.69) is 11.1 Å². The van der Waals surface area contributed by atoms with Crippen molar-refractivity contribution in [1.82, 2.24) is 4.57 Å². The van der Waals surface area contributed by atoms with E-state index in [9.17, 15) is 18.0 Å². The normalized spacial score (nSPS) is 15.1. The highest BCUT2D eigenvalue weighted by Crippen LogP contribution is 2.33. The number of esters is 1. The van der Waals surface area contributed by atoms with Crippen LogP contribution in [-0.2, 0) is 30.4 Å². The van der Waals surface area contributed by atoms with Crippen LogP contribution in [0.15, 0.2) is 41.3 Å². The molecule has 0 radical (unpaired) electrons. The number of fused-ring (bicyclic) bond motifs is 1. The van der Waals surface area contributed by atoms with Gasteiger partial charge >= 0.3 is 5.97 Å². The Kier molecular flexibility index (Phi) is 10.7. The highest BCUT2D eigenvalue weighted by Gasteiger charge is 2.34. The molecule has 198 valence electrons. The van der Waals surface area contributed by atoms with Crippen LogP contribution in [0.5, 0.6) is 0 Å². The average molecular weight is 518 g/mol. The van der Waals surface area contributed by atoms with Gasteiger partial charge < -0.3 is 9.30 Å². The van der Waals surface area contributed by atoms with E-state index in [-0.39, 0.29) is 16.4 Å². The summed E-state index contributed by atoms with van der Waals surface area (Å²) < 4.78 is 36.5. The smallest absolute Gasteiger partial charge is 0.315 e. The number of nitrogens with zero attached hydrogens (tertiary/aromatic N) is 1. The molecule has 0 saturated heterocycles. The van der Waals surface area contributed by atoms with E-state index in [0.29, 0.717) is 25.3 Å². The Morgan fingerprint density at radius 2 is 1.56 bits per heavy atom. The molecule has 1 unspecified atom stereocenters. The Balaban J connectivity index is 1.49. The molecule has 1 atom stereocenters. The lowest BCUT2D eigenvalue weighted by Gasteiger charge is -2.11. The Labute approximate surface area is 215 Å². The van der Waals surface area contributed by atoms with Gasteiger partial charge in [-0.1, -0.05) is 76.8 Å². The summed E-state index contributed by atoms with van der Waals surface area (Å²) in [6.45, 7) is 3.15. The zero-order valence-corrected chi connectivity index (χ0v) is 22.4. The lowest BCUT2D eigenvalue weighted by atomic mass is 10.0. The van der Waals surface area contributed by atoms with Gasteiger partial charge in [0, 0.05) is 17.8 Å². The molecule has 8 heteroatoms. The second kappa shape index (κ2) is 13.7. The fourth-order valence-electron chi connectivity index (χ4n) is 4.84. The quantitative estimate of drug-likeness (QED) is 0.117. The Morgan fingerprint density at radius 3 is 2.22 bits per heavy atom. The third-order valence-corrected chi connectivity index (χ3v) is 8.23. The Morgan fingerprint density at radius 1 is 0.917 bits per heavy atom. The van der Waals surface area contributed by atoms with E-state index >= 15 is 0 Å². The van der Waals surface area contributed by atoms with Crippen molar-refractivity contribution in [3.05, 3.63) is 53.3 Å². The largest absolute Gasteiger partial charge is 0.465 e. The molecule has 1 aromatic heterocycles. The van der Waals surface area contributed by atoms with Gasteiger partial charge in [-0.2, -0.15) is 8.42 Å². The molecule has 1 aliphatic heterocycles. The highest BCUT2D eigenvalue weighted by molar-refractivity contribution is 7.86. The van der Waals surface area contributed by atoms with E-state index in [1.807, 2.05) is 0 Å². The first kappa shape index (κ1) is 28.1. The van der Waals surface area contributed by atoms with Crippen molar-refractivity contribution in [2.24, 2.45) is 0 Å². The minimum atomic E-state index is -4.03. The average Bonchev–Trinajstić information content (AvgIpc) is 3.49. The first-order valence-electron chi connectivity index (χ1n) is 13.2. The molecule has 1 aliphatic rings. The first-order chi connectivity index (χ1) is 17.4. The number of unbranched alkanes of at least 4 members (excludes halogenated alkanes) is 9. The number of hydrogen-bond donors (Lipinski definition) is 0. The summed E-state index contributed by atoms with van der Waals surface area (Å²) in [4.78, 5) is 25.8. The number of benzene rings is 1. The lowest BCUT2D eigenvalue weighted by Crippen LogP contribution is -2.15. The van der Waals surface area contributed by atoms with Gasteiger partial charge in [0.15, 0.2) is 0 Å². The van der Waals surface area contributed by atoms with Crippen molar-refractivity contribution in [2.75, 3.05) is 13.7 Å². The second-order valence-electron chi connectivity index (χ2n) is 9.43. The van der Waals surface area contributed by atoms with Crippen molar-refractivity contribution in [3.8, 4) is 0 Å². The van der Waals surface area contributed by atoms with Gasteiger partial charge in [0.05, 0.1) is 25.3 Å². The fraction of sp³-hybridized carbons (Fsp3) is 0.571. The second-order valence-corrected chi connectivity index (χ2v) is 11.1. The molecule has 0 fully saturated rings. The molecular weight excluding hydrogens is 478 g/mol. The predicted molar refractivity (Wildman–Crippen MR) is 139 cm³/mol. The number of ketones is 1. The van der Waals surface area contributed by atoms with Crippen molar-refractivity contribution in [1.29, 1.82) is 0 Å². The van der Waals surface area contributed by atoms with Crippen LogP contribution in [0.3, 0.4) is 0 Å². The standard InChI is InChI=1S/C28H39NO6S/c1-3-4-5-6-7-8-9-10-11-14-21-35-28(31)22-19-20-29-24(22)17-18-25(29)27(30)23-15-12-13-16-26(23)36(32,33)34-2/h12-13,15-18,22H,3-11,14,19-21H2,1-2H3. The molecule has 36 heavy (non-hydrogen) atoms. The number of ether oxygens (including phenoxy) is 1. The van der Waals surface area contributed by atoms with Gasteiger partial charge in [0.2, 0.25) is 5.78 Å². The first-order valence-corrected chi connectivity index (χ1v) is 14.6. The molecule has 3 rings (SSSR count). The van der Waals surface area contributed by atoms with Gasteiger partial charge in [-0.15, -0.1) is 0 Å². The van der Waals surface area contributed by atoms with Crippen LogP contribution in [-0.4, -0.2) is 38.5 Å². The van der Waals surface area contributed by atoms with E-state index in [1.165, 1.54) is 63.5 Å². The number of hydrogen-bond acceptors (Lipinski definition) is 6. The van der Waals surface area contributed by atoms with Crippen molar-refractivity contribution in [3.63, 3.8) is 0 Å². The van der Waals surface area contributed by atoms with E-state index < -0.39 is 21.8 Å². The molecule has 2 heterocycles. The zero-order valence-electron chi connectivity index (χ0n) is 21.5. The van der Waals surface area contributed by atoms with Crippen molar-refractivity contribution >= 4 is 21.9 Å². The third kappa shape index (κ3) is 7.07. The van der Waals surface area contributed by atoms with Crippen LogP contribution in [0, 0.1) is 0 Å². The molecular formula is C28H39NO6S. The summed E-state index contributed by atoms with van der Waals surface area (Å²) in [6.07, 6.45) is 12.8. The van der Waals surface area contributed by atoms with Crippen LogP contribution < -0.4 is 0 Å². The summed E-state index contributed by atoms with van der Waals surface area (Å²) in [7, 11) is -2.97. The predicted octanol–water partition coefficient (Wildman–Crippen LogP) is 6.01.